The third kappa shape index (κ3) is 1.73. The molecule has 92 valence electrons. The van der Waals surface area contributed by atoms with Gasteiger partial charge in [-0.25, -0.2) is 0 Å². The number of rotatable bonds is 1. The molecule has 0 fully saturated rings. The largest absolute Gasteiger partial charge is 0.573 e. The standard InChI is InChI=1S/C13H6ClF3O/c14-10-6-7-4-5-9(10)12-8(7)2-1-3-11(12)18-13(15,16)17/h1-6H. The summed E-state index contributed by atoms with van der Waals surface area (Å²) in [6.45, 7) is 0. The average Bonchev–Trinajstić information content (AvgIpc) is 2.28. The zero-order chi connectivity index (χ0) is 12.9. The molecule has 0 spiro atoms. The van der Waals surface area contributed by atoms with Gasteiger partial charge in [0.1, 0.15) is 5.75 Å². The summed E-state index contributed by atoms with van der Waals surface area (Å²) >= 11 is 6.00. The molecule has 0 aromatic heterocycles. The minimum absolute atomic E-state index is 0.219. The topological polar surface area (TPSA) is 9.23 Å². The van der Waals surface area contributed by atoms with Gasteiger partial charge in [-0.2, -0.15) is 0 Å². The summed E-state index contributed by atoms with van der Waals surface area (Å²) in [4.78, 5) is 0. The van der Waals surface area contributed by atoms with Crippen molar-refractivity contribution in [3.8, 4) is 5.75 Å². The Morgan fingerprint density at radius 1 is 1.00 bits per heavy atom. The zero-order valence-electron chi connectivity index (χ0n) is 8.88. The predicted molar refractivity (Wildman–Crippen MR) is 64.3 cm³/mol. The van der Waals surface area contributed by atoms with Gasteiger partial charge in [0.2, 0.25) is 0 Å². The lowest BCUT2D eigenvalue weighted by molar-refractivity contribution is -0.274. The second-order valence-corrected chi connectivity index (χ2v) is 4.33. The van der Waals surface area contributed by atoms with Crippen molar-refractivity contribution in [2.75, 3.05) is 0 Å². The van der Waals surface area contributed by atoms with Gasteiger partial charge in [0.25, 0.3) is 0 Å². The van der Waals surface area contributed by atoms with E-state index in [4.69, 9.17) is 11.6 Å². The predicted octanol–water partition coefficient (Wildman–Crippen LogP) is 4.98. The fourth-order valence-electron chi connectivity index (χ4n) is 2.14. The number of benzene rings is 4. The third-order valence-corrected chi connectivity index (χ3v) is 3.11. The van der Waals surface area contributed by atoms with E-state index in [-0.39, 0.29) is 5.75 Å². The Morgan fingerprint density at radius 3 is 2.44 bits per heavy atom. The molecule has 5 heteroatoms. The SMILES string of the molecule is FC(F)(F)Oc1cccc2c3ccc(c(Cl)c3)c12. The van der Waals surface area contributed by atoms with Crippen molar-refractivity contribution < 1.29 is 17.9 Å². The van der Waals surface area contributed by atoms with E-state index in [0.29, 0.717) is 21.2 Å². The van der Waals surface area contributed by atoms with Crippen LogP contribution in [0.2, 0.25) is 5.02 Å². The highest BCUT2D eigenvalue weighted by Gasteiger charge is 2.32. The van der Waals surface area contributed by atoms with Gasteiger partial charge in [-0.15, -0.1) is 13.2 Å². The van der Waals surface area contributed by atoms with Crippen LogP contribution in [0.5, 0.6) is 5.75 Å². The van der Waals surface area contributed by atoms with Crippen LogP contribution in [0.25, 0.3) is 21.5 Å². The third-order valence-electron chi connectivity index (χ3n) is 2.80. The first kappa shape index (κ1) is 11.4. The first-order chi connectivity index (χ1) is 8.46. The Balaban J connectivity index is 2.35. The van der Waals surface area contributed by atoms with Crippen LogP contribution < -0.4 is 4.74 Å². The van der Waals surface area contributed by atoms with Crippen molar-refractivity contribution in [1.29, 1.82) is 0 Å². The average molecular weight is 271 g/mol. The van der Waals surface area contributed by atoms with Crippen molar-refractivity contribution in [2.45, 2.75) is 6.36 Å². The quantitative estimate of drug-likeness (QED) is 0.606. The summed E-state index contributed by atoms with van der Waals surface area (Å²) < 4.78 is 41.1. The highest BCUT2D eigenvalue weighted by molar-refractivity contribution is 6.38. The number of ether oxygens (including phenoxy) is 1. The summed E-state index contributed by atoms with van der Waals surface area (Å²) in [7, 11) is 0. The van der Waals surface area contributed by atoms with Crippen LogP contribution in [0.1, 0.15) is 0 Å². The van der Waals surface area contributed by atoms with E-state index < -0.39 is 6.36 Å². The van der Waals surface area contributed by atoms with Crippen LogP contribution in [0, 0.1) is 0 Å². The van der Waals surface area contributed by atoms with Crippen LogP contribution in [-0.4, -0.2) is 6.36 Å². The summed E-state index contributed by atoms with van der Waals surface area (Å²) in [6.07, 6.45) is -4.71. The van der Waals surface area contributed by atoms with Gasteiger partial charge >= 0.3 is 6.36 Å². The number of hydrogen-bond acceptors (Lipinski definition) is 1. The van der Waals surface area contributed by atoms with Gasteiger partial charge in [-0.3, -0.25) is 0 Å². The van der Waals surface area contributed by atoms with E-state index >= 15 is 0 Å². The van der Waals surface area contributed by atoms with E-state index in [0.717, 1.165) is 5.39 Å². The molecule has 0 saturated heterocycles. The highest BCUT2D eigenvalue weighted by Crippen LogP contribution is 2.40. The van der Waals surface area contributed by atoms with Gasteiger partial charge < -0.3 is 4.74 Å². The van der Waals surface area contributed by atoms with Gasteiger partial charge in [-0.05, 0) is 22.9 Å². The van der Waals surface area contributed by atoms with E-state index in [1.807, 2.05) is 6.07 Å². The van der Waals surface area contributed by atoms with Gasteiger partial charge in [-0.1, -0.05) is 35.9 Å². The molecule has 0 N–H and O–H groups in total. The Bertz CT molecular complexity index is 721. The molecule has 18 heavy (non-hydrogen) atoms. The van der Waals surface area contributed by atoms with Gasteiger partial charge in [0.05, 0.1) is 0 Å². The number of hydrogen-bond donors (Lipinski definition) is 0. The molecule has 4 aromatic carbocycles. The first-order valence-corrected chi connectivity index (χ1v) is 5.52. The van der Waals surface area contributed by atoms with E-state index in [2.05, 4.69) is 4.74 Å². The Morgan fingerprint density at radius 2 is 1.78 bits per heavy atom. The maximum absolute atomic E-state index is 12.3. The molecule has 0 radical (unpaired) electrons. The lowest BCUT2D eigenvalue weighted by atomic mass is 9.99. The monoisotopic (exact) mass is 270 g/mol. The zero-order valence-corrected chi connectivity index (χ0v) is 9.64. The molecule has 0 heterocycles. The second-order valence-electron chi connectivity index (χ2n) is 3.92. The molecule has 0 aliphatic rings. The Kier molecular flexibility index (Phi) is 2.32. The van der Waals surface area contributed by atoms with Crippen LogP contribution >= 0.6 is 11.6 Å². The molecule has 4 aromatic rings. The normalized spacial score (nSPS) is 12.4. The molecular formula is C13H6ClF3O. The first-order valence-electron chi connectivity index (χ1n) is 5.15. The van der Waals surface area contributed by atoms with Crippen LogP contribution in [-0.2, 0) is 0 Å². The second kappa shape index (κ2) is 3.65. The highest BCUT2D eigenvalue weighted by atomic mass is 35.5. The number of alkyl halides is 3. The molecule has 0 aliphatic heterocycles. The molecule has 1 nitrogen and oxygen atoms in total. The molecular weight excluding hydrogens is 265 g/mol. The molecule has 0 amide bonds. The van der Waals surface area contributed by atoms with E-state index in [1.54, 1.807) is 18.2 Å². The Hall–Kier alpha value is -1.68. The number of fused-ring (bicyclic) bond motifs is 2. The van der Waals surface area contributed by atoms with Gasteiger partial charge in [0.15, 0.2) is 0 Å². The Labute approximate surface area is 105 Å². The van der Waals surface area contributed by atoms with Gasteiger partial charge in [0, 0.05) is 15.8 Å². The minimum atomic E-state index is -4.71. The van der Waals surface area contributed by atoms with Crippen molar-refractivity contribution in [1.82, 2.24) is 0 Å². The van der Waals surface area contributed by atoms with Crippen LogP contribution in [0.3, 0.4) is 0 Å². The fourth-order valence-corrected chi connectivity index (χ4v) is 2.42. The molecule has 0 atom stereocenters. The smallest absolute Gasteiger partial charge is 0.405 e. The summed E-state index contributed by atoms with van der Waals surface area (Å²) in [6, 6.07) is 9.82. The van der Waals surface area contributed by atoms with Crippen molar-refractivity contribution >= 4 is 33.1 Å². The summed E-state index contributed by atoms with van der Waals surface area (Å²) in [5, 5.41) is 2.89. The molecule has 2 bridgehead atoms. The minimum Gasteiger partial charge on any atom is -0.405 e. The molecule has 0 unspecified atom stereocenters. The number of halogens is 4. The lowest BCUT2D eigenvalue weighted by Crippen LogP contribution is -2.17. The molecule has 0 aliphatic carbocycles. The lowest BCUT2D eigenvalue weighted by Gasteiger charge is -2.15. The van der Waals surface area contributed by atoms with Crippen molar-refractivity contribution in [2.24, 2.45) is 0 Å². The van der Waals surface area contributed by atoms with Crippen molar-refractivity contribution in [3.05, 3.63) is 41.4 Å². The molecule has 4 rings (SSSR count). The molecule has 0 saturated carbocycles. The van der Waals surface area contributed by atoms with E-state index in [9.17, 15) is 13.2 Å². The maximum Gasteiger partial charge on any atom is 0.573 e. The van der Waals surface area contributed by atoms with Crippen LogP contribution in [0.4, 0.5) is 13.2 Å². The van der Waals surface area contributed by atoms with E-state index in [1.165, 1.54) is 12.1 Å². The van der Waals surface area contributed by atoms with Crippen molar-refractivity contribution in [3.63, 3.8) is 0 Å². The summed E-state index contributed by atoms with van der Waals surface area (Å²) in [5.74, 6) is -0.219. The fraction of sp³-hybridized carbons (Fsp3) is 0.0769. The van der Waals surface area contributed by atoms with Crippen LogP contribution in [0.15, 0.2) is 36.4 Å². The summed E-state index contributed by atoms with van der Waals surface area (Å²) in [5.41, 5.74) is 0. The maximum atomic E-state index is 12.3.